The van der Waals surface area contributed by atoms with Crippen LogP contribution in [0.5, 0.6) is 0 Å². The minimum atomic E-state index is 0.129. The molecular weight excluding hydrogens is 326 g/mol. The predicted octanol–water partition coefficient (Wildman–Crippen LogP) is 4.92. The van der Waals surface area contributed by atoms with Crippen molar-refractivity contribution in [2.45, 2.75) is 32.7 Å². The SMILES string of the molecule is CSC(=N)N1N=C2c3cc(C)ccc3CC[C@H]2[C@H]1c1ccc(C)cc1. The number of thioether (sulfide) groups is 1. The topological polar surface area (TPSA) is 39.5 Å². The van der Waals surface area contributed by atoms with E-state index in [4.69, 9.17) is 10.5 Å². The molecule has 1 aliphatic carbocycles. The highest BCUT2D eigenvalue weighted by Gasteiger charge is 2.42. The van der Waals surface area contributed by atoms with E-state index in [0.29, 0.717) is 11.1 Å². The molecule has 0 amide bonds. The lowest BCUT2D eigenvalue weighted by Crippen LogP contribution is -2.30. The number of hydrazone groups is 1. The molecule has 0 fully saturated rings. The maximum atomic E-state index is 8.42. The Hall–Kier alpha value is -2.07. The molecule has 4 rings (SSSR count). The number of aryl methyl sites for hydroxylation is 3. The fourth-order valence-electron chi connectivity index (χ4n) is 3.98. The molecule has 0 aromatic heterocycles. The van der Waals surface area contributed by atoms with Crippen LogP contribution in [0.25, 0.3) is 0 Å². The Morgan fingerprint density at radius 2 is 1.84 bits per heavy atom. The Labute approximate surface area is 153 Å². The lowest BCUT2D eigenvalue weighted by atomic mass is 9.77. The molecule has 1 N–H and O–H groups in total. The van der Waals surface area contributed by atoms with Gasteiger partial charge in [0.2, 0.25) is 0 Å². The van der Waals surface area contributed by atoms with Gasteiger partial charge in [0.15, 0.2) is 5.17 Å². The number of hydrogen-bond acceptors (Lipinski definition) is 3. The summed E-state index contributed by atoms with van der Waals surface area (Å²) in [5.41, 5.74) is 7.62. The zero-order valence-electron chi connectivity index (χ0n) is 14.9. The fraction of sp³-hybridized carbons (Fsp3) is 0.333. The average molecular weight is 350 g/mol. The molecule has 2 atom stereocenters. The molecule has 2 aromatic rings. The Kier molecular flexibility index (Phi) is 4.16. The summed E-state index contributed by atoms with van der Waals surface area (Å²) >= 11 is 1.46. The molecule has 1 aliphatic heterocycles. The van der Waals surface area contributed by atoms with Crippen molar-refractivity contribution in [3.63, 3.8) is 0 Å². The fourth-order valence-corrected chi connectivity index (χ4v) is 4.32. The summed E-state index contributed by atoms with van der Waals surface area (Å²) in [6.45, 7) is 4.25. The van der Waals surface area contributed by atoms with Crippen LogP contribution in [-0.2, 0) is 6.42 Å². The van der Waals surface area contributed by atoms with Gasteiger partial charge in [-0.15, -0.1) is 0 Å². The van der Waals surface area contributed by atoms with Crippen molar-refractivity contribution in [1.29, 1.82) is 5.41 Å². The molecule has 0 saturated carbocycles. The van der Waals surface area contributed by atoms with E-state index in [0.717, 1.165) is 18.6 Å². The molecule has 0 spiro atoms. The lowest BCUT2D eigenvalue weighted by molar-refractivity contribution is 0.311. The third kappa shape index (κ3) is 2.78. The maximum Gasteiger partial charge on any atom is 0.177 e. The van der Waals surface area contributed by atoms with Gasteiger partial charge in [-0.3, -0.25) is 5.41 Å². The van der Waals surface area contributed by atoms with E-state index in [1.807, 2.05) is 11.3 Å². The highest BCUT2D eigenvalue weighted by molar-refractivity contribution is 8.13. The van der Waals surface area contributed by atoms with E-state index in [9.17, 15) is 0 Å². The van der Waals surface area contributed by atoms with Crippen LogP contribution in [-0.4, -0.2) is 22.1 Å². The number of amidine groups is 1. The second kappa shape index (κ2) is 6.34. The summed E-state index contributed by atoms with van der Waals surface area (Å²) in [6, 6.07) is 15.5. The molecule has 0 saturated heterocycles. The van der Waals surface area contributed by atoms with Crippen molar-refractivity contribution >= 4 is 22.6 Å². The first-order valence-corrected chi connectivity index (χ1v) is 9.97. The zero-order valence-corrected chi connectivity index (χ0v) is 15.7. The number of fused-ring (bicyclic) bond motifs is 3. The van der Waals surface area contributed by atoms with Crippen molar-refractivity contribution in [1.82, 2.24) is 5.01 Å². The quantitative estimate of drug-likeness (QED) is 0.586. The van der Waals surface area contributed by atoms with E-state index < -0.39 is 0 Å². The largest absolute Gasteiger partial charge is 0.277 e. The molecular formula is C21H23N3S. The van der Waals surface area contributed by atoms with Crippen LogP contribution in [0.1, 0.15) is 40.3 Å². The third-order valence-corrected chi connectivity index (χ3v) is 5.87. The molecule has 2 aliphatic rings. The van der Waals surface area contributed by atoms with Gasteiger partial charge < -0.3 is 0 Å². The normalized spacial score (nSPS) is 21.6. The summed E-state index contributed by atoms with van der Waals surface area (Å²) in [6.07, 6.45) is 4.13. The van der Waals surface area contributed by atoms with Gasteiger partial charge in [-0.1, -0.05) is 59.3 Å². The molecule has 3 nitrogen and oxygen atoms in total. The van der Waals surface area contributed by atoms with Gasteiger partial charge in [-0.2, -0.15) is 5.10 Å². The zero-order chi connectivity index (χ0) is 17.6. The van der Waals surface area contributed by atoms with E-state index in [1.54, 1.807) is 0 Å². The summed E-state index contributed by atoms with van der Waals surface area (Å²) in [5.74, 6) is 0.351. The van der Waals surface area contributed by atoms with Gasteiger partial charge in [0.25, 0.3) is 0 Å². The molecule has 2 aromatic carbocycles. The van der Waals surface area contributed by atoms with Crippen LogP contribution in [0.3, 0.4) is 0 Å². The molecule has 0 radical (unpaired) electrons. The lowest BCUT2D eigenvalue weighted by Gasteiger charge is -2.30. The molecule has 0 bridgehead atoms. The first-order chi connectivity index (χ1) is 12.1. The number of benzene rings is 2. The summed E-state index contributed by atoms with van der Waals surface area (Å²) < 4.78 is 0. The van der Waals surface area contributed by atoms with Gasteiger partial charge in [-0.05, 0) is 50.1 Å². The van der Waals surface area contributed by atoms with Crippen molar-refractivity contribution in [3.8, 4) is 0 Å². The summed E-state index contributed by atoms with van der Waals surface area (Å²) in [4.78, 5) is 0. The van der Waals surface area contributed by atoms with E-state index in [2.05, 4.69) is 56.3 Å². The van der Waals surface area contributed by atoms with Crippen molar-refractivity contribution in [2.24, 2.45) is 11.0 Å². The van der Waals surface area contributed by atoms with Gasteiger partial charge in [0.05, 0.1) is 11.8 Å². The molecule has 0 unspecified atom stereocenters. The first kappa shape index (κ1) is 16.4. The van der Waals surface area contributed by atoms with Crippen LogP contribution in [0.2, 0.25) is 0 Å². The van der Waals surface area contributed by atoms with Crippen molar-refractivity contribution < 1.29 is 0 Å². The predicted molar refractivity (Wildman–Crippen MR) is 107 cm³/mol. The van der Waals surface area contributed by atoms with Crippen LogP contribution in [0.15, 0.2) is 47.6 Å². The number of hydrogen-bond donors (Lipinski definition) is 1. The van der Waals surface area contributed by atoms with Gasteiger partial charge in [0.1, 0.15) is 0 Å². The third-order valence-electron chi connectivity index (χ3n) is 5.30. The van der Waals surface area contributed by atoms with Gasteiger partial charge >= 0.3 is 0 Å². The van der Waals surface area contributed by atoms with E-state index >= 15 is 0 Å². The summed E-state index contributed by atoms with van der Waals surface area (Å²) in [5, 5.41) is 15.8. The van der Waals surface area contributed by atoms with Gasteiger partial charge in [0, 0.05) is 11.5 Å². The van der Waals surface area contributed by atoms with E-state index in [1.165, 1.54) is 39.6 Å². The van der Waals surface area contributed by atoms with Crippen molar-refractivity contribution in [3.05, 3.63) is 70.3 Å². The average Bonchev–Trinajstić information content (AvgIpc) is 3.01. The van der Waals surface area contributed by atoms with Gasteiger partial charge in [-0.25, -0.2) is 5.01 Å². The van der Waals surface area contributed by atoms with Crippen LogP contribution in [0, 0.1) is 25.2 Å². The van der Waals surface area contributed by atoms with Crippen LogP contribution < -0.4 is 0 Å². The van der Waals surface area contributed by atoms with E-state index in [-0.39, 0.29) is 6.04 Å². The molecule has 4 heteroatoms. The Morgan fingerprint density at radius 3 is 2.56 bits per heavy atom. The Morgan fingerprint density at radius 1 is 1.12 bits per heavy atom. The number of nitrogens with one attached hydrogen (secondary N) is 1. The second-order valence-corrected chi connectivity index (χ2v) is 7.80. The summed E-state index contributed by atoms with van der Waals surface area (Å²) in [7, 11) is 0. The monoisotopic (exact) mass is 349 g/mol. The molecule has 25 heavy (non-hydrogen) atoms. The highest BCUT2D eigenvalue weighted by Crippen LogP contribution is 2.44. The standard InChI is InChI=1S/C21H23N3S/c1-13-4-8-16(9-5-13)20-17-11-10-15-7-6-14(2)12-18(15)19(17)23-24(20)21(22)25-3/h4-9,12,17,20,22H,10-11H2,1-3H3/t17-,20-/m1/s1. The highest BCUT2D eigenvalue weighted by atomic mass is 32.2. The Balaban J connectivity index is 1.81. The van der Waals surface area contributed by atoms with Crippen molar-refractivity contribution in [2.75, 3.05) is 6.26 Å². The Bertz CT molecular complexity index is 854. The second-order valence-electron chi connectivity index (χ2n) is 7.00. The van der Waals surface area contributed by atoms with Crippen LogP contribution in [0.4, 0.5) is 0 Å². The minimum absolute atomic E-state index is 0.129. The molecule has 128 valence electrons. The number of rotatable bonds is 1. The number of nitrogens with zero attached hydrogens (tertiary/aromatic N) is 2. The van der Waals surface area contributed by atoms with Crippen LogP contribution >= 0.6 is 11.8 Å². The minimum Gasteiger partial charge on any atom is -0.277 e. The smallest absolute Gasteiger partial charge is 0.177 e. The first-order valence-electron chi connectivity index (χ1n) is 8.75. The molecule has 1 heterocycles. The maximum absolute atomic E-state index is 8.42.